The minimum absolute atomic E-state index is 0.227. The number of ether oxygens (including phenoxy) is 1. The summed E-state index contributed by atoms with van der Waals surface area (Å²) in [5.74, 6) is 3.26. The van der Waals surface area contributed by atoms with E-state index < -0.39 is 0 Å². The summed E-state index contributed by atoms with van der Waals surface area (Å²) < 4.78 is 5.11. The van der Waals surface area contributed by atoms with E-state index in [9.17, 15) is 4.79 Å². The van der Waals surface area contributed by atoms with Crippen LogP contribution >= 0.6 is 0 Å². The number of rotatable bonds is 2. The monoisotopic (exact) mass is 179 g/mol. The van der Waals surface area contributed by atoms with Crippen LogP contribution in [-0.2, 0) is 9.53 Å². The molecule has 0 heterocycles. The zero-order valence-electron chi connectivity index (χ0n) is 7.74. The Bertz CT molecular complexity index is 196. The molecule has 2 heteroatoms. The van der Waals surface area contributed by atoms with Gasteiger partial charge in [-0.2, -0.15) is 0 Å². The van der Waals surface area contributed by atoms with Crippen LogP contribution in [0.3, 0.4) is 0 Å². The van der Waals surface area contributed by atoms with Gasteiger partial charge in [-0.15, -0.1) is 0 Å². The lowest BCUT2D eigenvalue weighted by Crippen LogP contribution is -2.49. The molecule has 0 aromatic carbocycles. The number of hydrogen-bond donors (Lipinski definition) is 0. The Kier molecular flexibility index (Phi) is 1.64. The molecule has 0 N–H and O–H groups in total. The smallest absolute Gasteiger partial charge is 0.417 e. The molecule has 0 aliphatic heterocycles. The molecule has 0 spiro atoms. The molecule has 0 saturated heterocycles. The first-order valence-electron chi connectivity index (χ1n) is 5.39. The predicted octanol–water partition coefficient (Wildman–Crippen LogP) is 1.89. The summed E-state index contributed by atoms with van der Waals surface area (Å²) in [5.41, 5.74) is 0. The minimum atomic E-state index is 0.227. The van der Waals surface area contributed by atoms with Crippen molar-refractivity contribution in [3.63, 3.8) is 0 Å². The molecule has 71 valence electrons. The van der Waals surface area contributed by atoms with Crippen molar-refractivity contribution in [1.82, 2.24) is 0 Å². The molecule has 0 atom stereocenters. The van der Waals surface area contributed by atoms with Crippen molar-refractivity contribution < 1.29 is 9.53 Å². The average molecular weight is 179 g/mol. The highest BCUT2D eigenvalue weighted by Crippen LogP contribution is 2.54. The molecule has 1 radical (unpaired) electrons. The quantitative estimate of drug-likeness (QED) is 0.647. The average Bonchev–Trinajstić information content (AvgIpc) is 2.10. The lowest BCUT2D eigenvalue weighted by atomic mass is 9.55. The van der Waals surface area contributed by atoms with E-state index in [1.165, 1.54) is 32.1 Å². The fraction of sp³-hybridized carbons (Fsp3) is 0.909. The third-order valence-corrected chi connectivity index (χ3v) is 4.32. The maximum atomic E-state index is 10.2. The fourth-order valence-corrected chi connectivity index (χ4v) is 4.12. The van der Waals surface area contributed by atoms with E-state index in [4.69, 9.17) is 4.74 Å². The highest BCUT2D eigenvalue weighted by atomic mass is 16.5. The molecule has 0 unspecified atom stereocenters. The van der Waals surface area contributed by atoms with Gasteiger partial charge in [0.25, 0.3) is 0 Å². The summed E-state index contributed by atoms with van der Waals surface area (Å²) in [6, 6.07) is 0. The van der Waals surface area contributed by atoms with Crippen LogP contribution in [0.4, 0.5) is 0 Å². The van der Waals surface area contributed by atoms with E-state index >= 15 is 0 Å². The molecule has 4 aliphatic rings. The number of carbonyl (C=O) groups excluding carboxylic acids is 1. The summed E-state index contributed by atoms with van der Waals surface area (Å²) in [6.45, 7) is 1.65. The summed E-state index contributed by atoms with van der Waals surface area (Å²) in [5, 5.41) is 0. The Hall–Kier alpha value is -0.530. The van der Waals surface area contributed by atoms with Gasteiger partial charge >= 0.3 is 6.47 Å². The van der Waals surface area contributed by atoms with Crippen molar-refractivity contribution in [2.75, 3.05) is 0 Å². The van der Waals surface area contributed by atoms with Crippen LogP contribution in [-0.4, -0.2) is 12.6 Å². The second-order valence-corrected chi connectivity index (χ2v) is 5.10. The van der Waals surface area contributed by atoms with Crippen LogP contribution in [0.15, 0.2) is 0 Å². The first-order chi connectivity index (χ1) is 6.36. The first kappa shape index (κ1) is 7.84. The number of hydrogen-bond acceptors (Lipinski definition) is 2. The van der Waals surface area contributed by atoms with E-state index in [0.29, 0.717) is 11.8 Å². The molecule has 4 fully saturated rings. The van der Waals surface area contributed by atoms with E-state index in [-0.39, 0.29) is 6.10 Å². The van der Waals surface area contributed by atoms with Crippen LogP contribution in [0.25, 0.3) is 0 Å². The van der Waals surface area contributed by atoms with Crippen molar-refractivity contribution in [3.05, 3.63) is 0 Å². The lowest BCUT2D eigenvalue weighted by Gasteiger charge is -2.53. The van der Waals surface area contributed by atoms with Crippen molar-refractivity contribution in [2.45, 2.75) is 38.2 Å². The summed E-state index contributed by atoms with van der Waals surface area (Å²) in [6.07, 6.45) is 6.90. The second kappa shape index (κ2) is 2.73. The summed E-state index contributed by atoms with van der Waals surface area (Å²) in [7, 11) is 0. The molecular formula is C11H15O2. The van der Waals surface area contributed by atoms with E-state index in [0.717, 1.165) is 11.8 Å². The molecule has 13 heavy (non-hydrogen) atoms. The Morgan fingerprint density at radius 3 is 1.92 bits per heavy atom. The summed E-state index contributed by atoms with van der Waals surface area (Å²) in [4.78, 5) is 10.2. The molecule has 4 bridgehead atoms. The van der Waals surface area contributed by atoms with Gasteiger partial charge in [0.2, 0.25) is 0 Å². The van der Waals surface area contributed by atoms with Gasteiger partial charge in [-0.1, -0.05) is 0 Å². The van der Waals surface area contributed by atoms with Gasteiger partial charge in [-0.25, -0.2) is 4.79 Å². The van der Waals surface area contributed by atoms with Gasteiger partial charge < -0.3 is 4.74 Å². The van der Waals surface area contributed by atoms with Crippen LogP contribution < -0.4 is 0 Å². The third kappa shape index (κ3) is 1.11. The van der Waals surface area contributed by atoms with Crippen molar-refractivity contribution in [2.24, 2.45) is 23.7 Å². The molecule has 2 nitrogen and oxygen atoms in total. The highest BCUT2D eigenvalue weighted by molar-refractivity contribution is 5.39. The first-order valence-corrected chi connectivity index (χ1v) is 5.39. The van der Waals surface area contributed by atoms with Gasteiger partial charge in [0.1, 0.15) is 6.10 Å². The van der Waals surface area contributed by atoms with Gasteiger partial charge in [0, 0.05) is 0 Å². The van der Waals surface area contributed by atoms with Crippen LogP contribution in [0, 0.1) is 23.7 Å². The molecular weight excluding hydrogens is 164 g/mol. The third-order valence-electron chi connectivity index (χ3n) is 4.32. The largest absolute Gasteiger partial charge is 0.453 e. The predicted molar refractivity (Wildman–Crippen MR) is 47.6 cm³/mol. The van der Waals surface area contributed by atoms with Crippen LogP contribution in [0.1, 0.15) is 32.1 Å². The van der Waals surface area contributed by atoms with E-state index in [2.05, 4.69) is 0 Å². The van der Waals surface area contributed by atoms with E-state index in [1.807, 2.05) is 0 Å². The SMILES string of the molecule is O=[C]OC1C2CC3CC(C2)CC1C3. The zero-order chi connectivity index (χ0) is 8.84. The topological polar surface area (TPSA) is 26.3 Å². The normalized spacial score (nSPS) is 52.2. The Balaban J connectivity index is 1.81. The zero-order valence-corrected chi connectivity index (χ0v) is 7.74. The molecule has 0 amide bonds. The molecule has 4 saturated carbocycles. The van der Waals surface area contributed by atoms with Gasteiger partial charge in [-0.05, 0) is 55.8 Å². The molecule has 0 aromatic rings. The molecule has 4 rings (SSSR count). The fourth-order valence-electron chi connectivity index (χ4n) is 4.12. The Morgan fingerprint density at radius 2 is 1.46 bits per heavy atom. The van der Waals surface area contributed by atoms with Crippen LogP contribution in [0.5, 0.6) is 0 Å². The van der Waals surface area contributed by atoms with Crippen molar-refractivity contribution in [3.8, 4) is 0 Å². The Labute approximate surface area is 78.6 Å². The summed E-state index contributed by atoms with van der Waals surface area (Å²) >= 11 is 0. The lowest BCUT2D eigenvalue weighted by molar-refractivity contribution is -0.0852. The highest BCUT2D eigenvalue weighted by Gasteiger charge is 2.49. The Morgan fingerprint density at radius 1 is 0.923 bits per heavy atom. The second-order valence-electron chi connectivity index (χ2n) is 5.10. The maximum absolute atomic E-state index is 10.2. The van der Waals surface area contributed by atoms with Crippen LogP contribution in [0.2, 0.25) is 0 Å². The standard InChI is InChI=1S/C11H15O2/c12-6-13-11-9-2-7-1-8(4-9)5-10(11)3-7/h7-11H,1-5H2. The van der Waals surface area contributed by atoms with Crippen molar-refractivity contribution >= 4 is 6.47 Å². The molecule has 0 aromatic heterocycles. The van der Waals surface area contributed by atoms with Gasteiger partial charge in [-0.3, -0.25) is 0 Å². The van der Waals surface area contributed by atoms with Crippen molar-refractivity contribution in [1.29, 1.82) is 0 Å². The van der Waals surface area contributed by atoms with Gasteiger partial charge in [0.15, 0.2) is 0 Å². The van der Waals surface area contributed by atoms with E-state index in [1.54, 1.807) is 6.47 Å². The minimum Gasteiger partial charge on any atom is -0.453 e. The van der Waals surface area contributed by atoms with Gasteiger partial charge in [0.05, 0.1) is 0 Å². The molecule has 4 aliphatic carbocycles. The maximum Gasteiger partial charge on any atom is 0.417 e.